The molecule has 0 aromatic heterocycles. The highest BCUT2D eigenvalue weighted by molar-refractivity contribution is 6.31. The maximum Gasteiger partial charge on any atom is 0.266 e. The molecule has 3 aromatic rings. The molecule has 2 aliphatic heterocycles. The molecule has 1 N–H and O–H groups in total. The van der Waals surface area contributed by atoms with Gasteiger partial charge >= 0.3 is 0 Å². The number of aromatic hydroxyl groups is 1. The number of hydrogen-bond donors (Lipinski definition) is 1. The average Bonchev–Trinajstić information content (AvgIpc) is 3.31. The molecule has 0 saturated carbocycles. The van der Waals surface area contributed by atoms with Gasteiger partial charge in [-0.2, -0.15) is 0 Å². The van der Waals surface area contributed by atoms with Crippen molar-refractivity contribution in [3.8, 4) is 11.5 Å². The lowest BCUT2D eigenvalue weighted by molar-refractivity contribution is -0.126. The molecule has 0 spiro atoms. The Labute approximate surface area is 189 Å². The van der Waals surface area contributed by atoms with E-state index in [0.29, 0.717) is 22.0 Å². The van der Waals surface area contributed by atoms with Gasteiger partial charge < -0.3 is 9.84 Å². The number of para-hydroxylation sites is 1. The van der Waals surface area contributed by atoms with Gasteiger partial charge in [0, 0.05) is 5.02 Å². The van der Waals surface area contributed by atoms with E-state index in [4.69, 9.17) is 21.2 Å². The zero-order valence-corrected chi connectivity index (χ0v) is 17.8. The van der Waals surface area contributed by atoms with Crippen LogP contribution in [0.3, 0.4) is 0 Å². The zero-order chi connectivity index (χ0) is 22.4. The summed E-state index contributed by atoms with van der Waals surface area (Å²) in [5.41, 5.74) is 1.78. The van der Waals surface area contributed by atoms with E-state index in [1.54, 1.807) is 41.5 Å². The smallest absolute Gasteiger partial charge is 0.266 e. The van der Waals surface area contributed by atoms with Crippen LogP contribution in [0.2, 0.25) is 5.02 Å². The van der Waals surface area contributed by atoms with Crippen LogP contribution in [0.25, 0.3) is 0 Å². The number of amides is 2. The number of phenolic OH excluding ortho intramolecular Hbond substituents is 1. The minimum Gasteiger partial charge on any atom is -0.504 e. The summed E-state index contributed by atoms with van der Waals surface area (Å²) < 4.78 is 5.26. The number of hydroxylamine groups is 1. The van der Waals surface area contributed by atoms with Crippen LogP contribution in [0.15, 0.2) is 72.8 Å². The van der Waals surface area contributed by atoms with Crippen molar-refractivity contribution in [3.05, 3.63) is 83.4 Å². The molecular weight excluding hydrogens is 432 g/mol. The van der Waals surface area contributed by atoms with E-state index in [1.807, 2.05) is 30.3 Å². The highest BCUT2D eigenvalue weighted by Gasteiger charge is 2.60. The maximum absolute atomic E-state index is 13.6. The number of ether oxygens (including phenoxy) is 1. The van der Waals surface area contributed by atoms with E-state index in [-0.39, 0.29) is 17.4 Å². The molecule has 0 unspecified atom stereocenters. The number of carbonyl (C=O) groups is 2. The summed E-state index contributed by atoms with van der Waals surface area (Å²) in [5.74, 6) is -1.38. The Kier molecular flexibility index (Phi) is 5.00. The predicted molar refractivity (Wildman–Crippen MR) is 119 cm³/mol. The number of methoxy groups -OCH3 is 1. The Morgan fingerprint density at radius 1 is 0.938 bits per heavy atom. The molecule has 2 fully saturated rings. The summed E-state index contributed by atoms with van der Waals surface area (Å²) in [6.45, 7) is 0. The number of carbonyl (C=O) groups excluding carboxylic acids is 2. The molecule has 2 heterocycles. The topological polar surface area (TPSA) is 79.3 Å². The first-order valence-corrected chi connectivity index (χ1v) is 10.4. The highest BCUT2D eigenvalue weighted by Crippen LogP contribution is 2.48. The van der Waals surface area contributed by atoms with Crippen LogP contribution in [0, 0.1) is 5.92 Å². The fraction of sp³-hybridized carbons (Fsp3) is 0.167. The predicted octanol–water partition coefficient (Wildman–Crippen LogP) is 4.11. The number of hydrogen-bond acceptors (Lipinski definition) is 6. The Bertz CT molecular complexity index is 1200. The minimum absolute atomic E-state index is 0.0210. The van der Waals surface area contributed by atoms with Crippen molar-refractivity contribution in [2.75, 3.05) is 17.1 Å². The quantitative estimate of drug-likeness (QED) is 0.603. The first-order valence-electron chi connectivity index (χ1n) is 10.0. The lowest BCUT2D eigenvalue weighted by Gasteiger charge is -2.29. The molecule has 3 aromatic carbocycles. The van der Waals surface area contributed by atoms with Gasteiger partial charge in [-0.1, -0.05) is 41.9 Å². The SMILES string of the molecule is COc1cc([C@@H]2[C@@H]3C(=O)N(c4cccc(Cl)c4)C(=O)[C@@H]3ON2c2ccccc2)ccc1O. The van der Waals surface area contributed by atoms with Gasteiger partial charge in [0.1, 0.15) is 5.92 Å². The van der Waals surface area contributed by atoms with E-state index >= 15 is 0 Å². The molecule has 0 aliphatic carbocycles. The molecule has 2 amide bonds. The molecule has 5 rings (SSSR count). The number of halogens is 1. The van der Waals surface area contributed by atoms with Crippen LogP contribution < -0.4 is 14.7 Å². The summed E-state index contributed by atoms with van der Waals surface area (Å²) in [5, 5.41) is 12.1. The second-order valence-corrected chi connectivity index (χ2v) is 8.02. The fourth-order valence-corrected chi connectivity index (χ4v) is 4.48. The van der Waals surface area contributed by atoms with Gasteiger partial charge in [-0.3, -0.25) is 14.4 Å². The third kappa shape index (κ3) is 3.18. The lowest BCUT2D eigenvalue weighted by Crippen LogP contribution is -2.37. The van der Waals surface area contributed by atoms with Crippen LogP contribution in [0.5, 0.6) is 11.5 Å². The molecule has 2 aliphatic rings. The van der Waals surface area contributed by atoms with Gasteiger partial charge in [0.05, 0.1) is 24.5 Å². The van der Waals surface area contributed by atoms with Crippen LogP contribution in [-0.4, -0.2) is 30.1 Å². The van der Waals surface area contributed by atoms with Crippen molar-refractivity contribution in [2.45, 2.75) is 12.1 Å². The molecule has 2 saturated heterocycles. The standard InChI is InChI=1S/C24H19ClN2O5/c1-31-19-12-14(10-11-18(19)28)21-20-22(32-27(21)16-7-3-2-4-8-16)24(30)26(23(20)29)17-9-5-6-15(25)13-17/h2-13,20-22,28H,1H3/t20-,21+,22+/m0/s1. The summed E-state index contributed by atoms with van der Waals surface area (Å²) in [7, 11) is 1.45. The molecule has 7 nitrogen and oxygen atoms in total. The Hall–Kier alpha value is -3.55. The van der Waals surface area contributed by atoms with Gasteiger partial charge in [-0.25, -0.2) is 9.96 Å². The number of phenols is 1. The van der Waals surface area contributed by atoms with Gasteiger partial charge in [0.2, 0.25) is 5.91 Å². The van der Waals surface area contributed by atoms with Gasteiger partial charge in [0.15, 0.2) is 17.6 Å². The van der Waals surface area contributed by atoms with Crippen molar-refractivity contribution in [1.29, 1.82) is 0 Å². The van der Waals surface area contributed by atoms with Crippen LogP contribution >= 0.6 is 11.6 Å². The van der Waals surface area contributed by atoms with Crippen LogP contribution in [0.1, 0.15) is 11.6 Å². The Morgan fingerprint density at radius 3 is 2.41 bits per heavy atom. The number of imide groups is 1. The van der Waals surface area contributed by atoms with E-state index in [0.717, 1.165) is 4.90 Å². The second-order valence-electron chi connectivity index (χ2n) is 7.58. The molecule has 162 valence electrons. The fourth-order valence-electron chi connectivity index (χ4n) is 4.30. The van der Waals surface area contributed by atoms with Gasteiger partial charge in [-0.15, -0.1) is 0 Å². The zero-order valence-electron chi connectivity index (χ0n) is 17.0. The first kappa shape index (κ1) is 20.4. The molecule has 3 atom stereocenters. The third-order valence-corrected chi connectivity index (χ3v) is 5.97. The normalized spacial score (nSPS) is 22.4. The van der Waals surface area contributed by atoms with Crippen molar-refractivity contribution < 1.29 is 24.3 Å². The molecule has 0 radical (unpaired) electrons. The summed E-state index contributed by atoms with van der Waals surface area (Å²) in [6, 6.07) is 20.1. The lowest BCUT2D eigenvalue weighted by atomic mass is 9.90. The minimum atomic E-state index is -0.994. The molecular formula is C24H19ClN2O5. The summed E-state index contributed by atoms with van der Waals surface area (Å²) >= 11 is 6.09. The Balaban J connectivity index is 1.61. The summed E-state index contributed by atoms with van der Waals surface area (Å²) in [6.07, 6.45) is -0.994. The van der Waals surface area contributed by atoms with E-state index in [2.05, 4.69) is 0 Å². The van der Waals surface area contributed by atoms with Crippen molar-refractivity contribution >= 4 is 34.8 Å². The largest absolute Gasteiger partial charge is 0.504 e. The number of anilines is 2. The second kappa shape index (κ2) is 7.85. The van der Waals surface area contributed by atoms with Crippen LogP contribution in [-0.2, 0) is 14.4 Å². The number of benzene rings is 3. The van der Waals surface area contributed by atoms with E-state index < -0.39 is 24.0 Å². The van der Waals surface area contributed by atoms with Crippen molar-refractivity contribution in [2.24, 2.45) is 5.92 Å². The van der Waals surface area contributed by atoms with Crippen molar-refractivity contribution in [3.63, 3.8) is 0 Å². The monoisotopic (exact) mass is 450 g/mol. The first-order chi connectivity index (χ1) is 15.5. The molecule has 32 heavy (non-hydrogen) atoms. The number of rotatable bonds is 4. The third-order valence-electron chi connectivity index (χ3n) is 5.74. The highest BCUT2D eigenvalue weighted by atomic mass is 35.5. The number of fused-ring (bicyclic) bond motifs is 1. The van der Waals surface area contributed by atoms with Crippen molar-refractivity contribution in [1.82, 2.24) is 0 Å². The maximum atomic E-state index is 13.6. The van der Waals surface area contributed by atoms with Gasteiger partial charge in [0.25, 0.3) is 5.91 Å². The average molecular weight is 451 g/mol. The summed E-state index contributed by atoms with van der Waals surface area (Å²) in [4.78, 5) is 34.1. The Morgan fingerprint density at radius 2 is 1.69 bits per heavy atom. The molecule has 0 bridgehead atoms. The van der Waals surface area contributed by atoms with E-state index in [1.165, 1.54) is 13.2 Å². The van der Waals surface area contributed by atoms with Crippen LogP contribution in [0.4, 0.5) is 11.4 Å². The van der Waals surface area contributed by atoms with E-state index in [9.17, 15) is 14.7 Å². The number of nitrogens with zero attached hydrogens (tertiary/aromatic N) is 2. The van der Waals surface area contributed by atoms with Gasteiger partial charge in [-0.05, 0) is 48.0 Å². The molecule has 8 heteroatoms.